The van der Waals surface area contributed by atoms with Gasteiger partial charge in [-0.15, -0.1) is 0 Å². The average Bonchev–Trinajstić information content (AvgIpc) is 2.74. The van der Waals surface area contributed by atoms with E-state index in [1.54, 1.807) is 17.9 Å². The van der Waals surface area contributed by atoms with Gasteiger partial charge in [-0.2, -0.15) is 5.10 Å². The lowest BCUT2D eigenvalue weighted by molar-refractivity contribution is -0.385. The summed E-state index contributed by atoms with van der Waals surface area (Å²) in [5, 5.41) is 17.4. The largest absolute Gasteiger partial charge is 0.348 e. The highest BCUT2D eigenvalue weighted by Crippen LogP contribution is 2.19. The van der Waals surface area contributed by atoms with Crippen LogP contribution in [0, 0.1) is 17.0 Å². The monoisotopic (exact) mass is 309 g/mol. The van der Waals surface area contributed by atoms with Gasteiger partial charge in [0.2, 0.25) is 0 Å². The normalized spacial score (nSPS) is 10.4. The van der Waals surface area contributed by atoms with Crippen molar-refractivity contribution in [3.05, 3.63) is 50.5 Å². The van der Waals surface area contributed by atoms with Gasteiger partial charge in [-0.05, 0) is 6.92 Å². The molecule has 0 radical (unpaired) electrons. The molecule has 0 bridgehead atoms. The minimum Gasteiger partial charge on any atom is -0.348 e. The number of pyridine rings is 1. The molecule has 2 aromatic heterocycles. The van der Waals surface area contributed by atoms with Crippen LogP contribution in [0.5, 0.6) is 0 Å². The van der Waals surface area contributed by atoms with Crippen molar-refractivity contribution in [2.75, 3.05) is 0 Å². The third-order valence-electron chi connectivity index (χ3n) is 2.83. The maximum absolute atomic E-state index is 12.0. The molecule has 0 aliphatic heterocycles. The summed E-state index contributed by atoms with van der Waals surface area (Å²) in [5.74, 6) is -0.528. The number of hydrogen-bond acceptors (Lipinski definition) is 5. The molecule has 8 nitrogen and oxygen atoms in total. The zero-order chi connectivity index (χ0) is 15.6. The Morgan fingerprint density at radius 1 is 1.57 bits per heavy atom. The minimum atomic E-state index is -0.634. The number of halogens is 1. The molecule has 0 fully saturated rings. The Balaban J connectivity index is 2.15. The van der Waals surface area contributed by atoms with Gasteiger partial charge in [0, 0.05) is 31.4 Å². The smallest absolute Gasteiger partial charge is 0.288 e. The summed E-state index contributed by atoms with van der Waals surface area (Å²) in [6, 6.07) is 1.10. The number of nitro groups is 1. The fourth-order valence-electron chi connectivity index (χ4n) is 1.79. The molecule has 0 saturated heterocycles. The molecule has 0 aliphatic rings. The van der Waals surface area contributed by atoms with Crippen molar-refractivity contribution in [2.45, 2.75) is 13.5 Å². The topological polar surface area (TPSA) is 103 Å². The molecule has 110 valence electrons. The zero-order valence-electron chi connectivity index (χ0n) is 11.3. The van der Waals surface area contributed by atoms with Gasteiger partial charge >= 0.3 is 0 Å². The summed E-state index contributed by atoms with van der Waals surface area (Å²) in [4.78, 5) is 25.8. The van der Waals surface area contributed by atoms with E-state index in [0.29, 0.717) is 0 Å². The minimum absolute atomic E-state index is 0.0348. The number of carbonyl (C=O) groups is 1. The molecular weight excluding hydrogens is 298 g/mol. The van der Waals surface area contributed by atoms with Crippen LogP contribution in [0.1, 0.15) is 21.6 Å². The zero-order valence-corrected chi connectivity index (χ0v) is 12.1. The summed E-state index contributed by atoms with van der Waals surface area (Å²) in [7, 11) is 1.78. The van der Waals surface area contributed by atoms with Crippen LogP contribution in [0.4, 0.5) is 5.69 Å². The Bertz CT molecular complexity index is 713. The van der Waals surface area contributed by atoms with E-state index in [4.69, 9.17) is 11.6 Å². The molecule has 0 spiro atoms. The Morgan fingerprint density at radius 3 is 2.86 bits per heavy atom. The van der Waals surface area contributed by atoms with E-state index in [2.05, 4.69) is 15.4 Å². The van der Waals surface area contributed by atoms with Crippen molar-refractivity contribution in [3.63, 3.8) is 0 Å². The number of rotatable bonds is 4. The predicted molar refractivity (Wildman–Crippen MR) is 75.0 cm³/mol. The van der Waals surface area contributed by atoms with Crippen molar-refractivity contribution in [1.82, 2.24) is 20.1 Å². The molecule has 0 atom stereocenters. The summed E-state index contributed by atoms with van der Waals surface area (Å²) >= 11 is 5.80. The molecule has 0 unspecified atom stereocenters. The van der Waals surface area contributed by atoms with Crippen molar-refractivity contribution < 1.29 is 9.72 Å². The quantitative estimate of drug-likeness (QED) is 0.525. The third kappa shape index (κ3) is 3.34. The summed E-state index contributed by atoms with van der Waals surface area (Å²) in [6.07, 6.45) is 2.79. The van der Waals surface area contributed by atoms with Gasteiger partial charge in [0.1, 0.15) is 11.3 Å². The standard InChI is InChI=1S/C12H12ClN5O3/c1-7-8(6-17(2)16-7)4-15-12(19)10-3-9(18(20)21)5-14-11(10)13/h3,5-6H,4H2,1-2H3,(H,15,19). The lowest BCUT2D eigenvalue weighted by atomic mass is 10.2. The van der Waals surface area contributed by atoms with Crippen molar-refractivity contribution >= 4 is 23.2 Å². The van der Waals surface area contributed by atoms with Crippen molar-refractivity contribution in [2.24, 2.45) is 7.05 Å². The van der Waals surface area contributed by atoms with Crippen LogP contribution >= 0.6 is 11.6 Å². The second-order valence-corrected chi connectivity index (χ2v) is 4.74. The molecule has 21 heavy (non-hydrogen) atoms. The molecule has 2 heterocycles. The lowest BCUT2D eigenvalue weighted by Crippen LogP contribution is -2.23. The fourth-order valence-corrected chi connectivity index (χ4v) is 1.98. The maximum Gasteiger partial charge on any atom is 0.288 e. The molecule has 2 aromatic rings. The van der Waals surface area contributed by atoms with E-state index < -0.39 is 10.8 Å². The van der Waals surface area contributed by atoms with E-state index in [0.717, 1.165) is 23.5 Å². The number of aryl methyl sites for hydroxylation is 2. The molecule has 9 heteroatoms. The summed E-state index contributed by atoms with van der Waals surface area (Å²) in [5.41, 5.74) is 1.32. The lowest BCUT2D eigenvalue weighted by Gasteiger charge is -2.05. The van der Waals surface area contributed by atoms with Crippen LogP contribution in [0.2, 0.25) is 5.15 Å². The van der Waals surface area contributed by atoms with Gasteiger partial charge in [0.15, 0.2) is 0 Å². The highest BCUT2D eigenvalue weighted by atomic mass is 35.5. The molecule has 2 rings (SSSR count). The third-order valence-corrected chi connectivity index (χ3v) is 3.14. The van der Waals surface area contributed by atoms with E-state index in [-0.39, 0.29) is 22.9 Å². The van der Waals surface area contributed by atoms with E-state index >= 15 is 0 Å². The van der Waals surface area contributed by atoms with E-state index in [1.165, 1.54) is 0 Å². The number of carbonyl (C=O) groups excluding carboxylic acids is 1. The molecule has 0 aliphatic carbocycles. The first-order valence-corrected chi connectivity index (χ1v) is 6.33. The highest BCUT2D eigenvalue weighted by molar-refractivity contribution is 6.32. The fraction of sp³-hybridized carbons (Fsp3) is 0.250. The Kier molecular flexibility index (Phi) is 4.18. The van der Waals surface area contributed by atoms with Gasteiger partial charge in [-0.3, -0.25) is 19.6 Å². The Labute approximate surface area is 124 Å². The molecular formula is C12H12ClN5O3. The van der Waals surface area contributed by atoms with E-state index in [1.807, 2.05) is 6.92 Å². The molecule has 0 aromatic carbocycles. The SMILES string of the molecule is Cc1nn(C)cc1CNC(=O)c1cc([N+](=O)[O-])cnc1Cl. The second kappa shape index (κ2) is 5.88. The Hall–Kier alpha value is -2.48. The number of nitrogens with zero attached hydrogens (tertiary/aromatic N) is 4. The van der Waals surface area contributed by atoms with Crippen LogP contribution in [-0.2, 0) is 13.6 Å². The highest BCUT2D eigenvalue weighted by Gasteiger charge is 2.17. The van der Waals surface area contributed by atoms with Gasteiger partial charge in [-0.25, -0.2) is 4.98 Å². The van der Waals surface area contributed by atoms with Gasteiger partial charge in [-0.1, -0.05) is 11.6 Å². The average molecular weight is 310 g/mol. The summed E-state index contributed by atoms with van der Waals surface area (Å²) in [6.45, 7) is 2.07. The summed E-state index contributed by atoms with van der Waals surface area (Å²) < 4.78 is 1.64. The second-order valence-electron chi connectivity index (χ2n) is 4.39. The van der Waals surface area contributed by atoms with E-state index in [9.17, 15) is 14.9 Å². The number of aromatic nitrogens is 3. The maximum atomic E-state index is 12.0. The number of hydrogen-bond donors (Lipinski definition) is 1. The van der Waals surface area contributed by atoms with Gasteiger partial charge < -0.3 is 5.32 Å². The van der Waals surface area contributed by atoms with Gasteiger partial charge in [0.25, 0.3) is 11.6 Å². The van der Waals surface area contributed by atoms with Crippen LogP contribution < -0.4 is 5.32 Å². The first-order valence-electron chi connectivity index (χ1n) is 5.95. The first kappa shape index (κ1) is 14.9. The van der Waals surface area contributed by atoms with Crippen LogP contribution in [0.15, 0.2) is 18.5 Å². The van der Waals surface area contributed by atoms with Crippen molar-refractivity contribution in [1.29, 1.82) is 0 Å². The predicted octanol–water partition coefficient (Wildman–Crippen LogP) is 1.62. The number of amides is 1. The molecule has 1 amide bonds. The first-order chi connectivity index (χ1) is 9.88. The van der Waals surface area contributed by atoms with Crippen LogP contribution in [0.25, 0.3) is 0 Å². The molecule has 1 N–H and O–H groups in total. The van der Waals surface area contributed by atoms with Crippen LogP contribution in [-0.4, -0.2) is 25.6 Å². The van der Waals surface area contributed by atoms with Crippen LogP contribution in [0.3, 0.4) is 0 Å². The molecule has 0 saturated carbocycles. The van der Waals surface area contributed by atoms with Gasteiger partial charge in [0.05, 0.1) is 16.2 Å². The Morgan fingerprint density at radius 2 is 2.29 bits per heavy atom. The number of nitrogens with one attached hydrogen (secondary N) is 1. The van der Waals surface area contributed by atoms with Crippen molar-refractivity contribution in [3.8, 4) is 0 Å².